The first-order valence-electron chi connectivity index (χ1n) is 5.52. The van der Waals surface area contributed by atoms with Crippen molar-refractivity contribution in [1.82, 2.24) is 0 Å². The summed E-state index contributed by atoms with van der Waals surface area (Å²) in [5, 5.41) is 9.54. The van der Waals surface area contributed by atoms with E-state index in [9.17, 15) is 9.90 Å². The molecule has 0 bridgehead atoms. The van der Waals surface area contributed by atoms with E-state index in [1.54, 1.807) is 21.6 Å². The van der Waals surface area contributed by atoms with Crippen LogP contribution in [0, 0.1) is 0 Å². The minimum absolute atomic E-state index is 0.570. The average molecular weight is 274 g/mol. The molecule has 1 aliphatic rings. The molecule has 0 aromatic heterocycles. The number of carbonyl (C=O) groups is 1. The minimum atomic E-state index is -0.794. The second-order valence-corrected chi connectivity index (χ2v) is 6.23. The van der Waals surface area contributed by atoms with Gasteiger partial charge in [-0.15, -0.1) is 0 Å². The van der Waals surface area contributed by atoms with Gasteiger partial charge in [-0.25, -0.2) is 0 Å². The van der Waals surface area contributed by atoms with Crippen LogP contribution in [0.4, 0.5) is 0 Å². The third kappa shape index (κ3) is 1.91. The number of aliphatic carboxylic acids is 1. The van der Waals surface area contributed by atoms with Gasteiger partial charge in [0.25, 0.3) is 0 Å². The van der Waals surface area contributed by atoms with Gasteiger partial charge in [-0.2, -0.15) is 0 Å². The predicted molar refractivity (Wildman–Crippen MR) is 74.1 cm³/mol. The second kappa shape index (κ2) is 4.71. The molecule has 0 unspecified atom stereocenters. The highest BCUT2D eigenvalue weighted by Crippen LogP contribution is 2.48. The SMILES string of the molecule is O=C(O)C1c2ccccc2SSc2ccccc21. The van der Waals surface area contributed by atoms with Crippen molar-refractivity contribution in [1.29, 1.82) is 0 Å². The van der Waals surface area contributed by atoms with Gasteiger partial charge in [-0.3, -0.25) is 4.79 Å². The molecule has 1 aliphatic heterocycles. The number of hydrogen-bond donors (Lipinski definition) is 1. The minimum Gasteiger partial charge on any atom is -0.481 e. The zero-order chi connectivity index (χ0) is 12.5. The molecule has 0 saturated heterocycles. The Morgan fingerprint density at radius 2 is 1.33 bits per heavy atom. The summed E-state index contributed by atoms with van der Waals surface area (Å²) in [6.07, 6.45) is 0. The van der Waals surface area contributed by atoms with E-state index in [0.29, 0.717) is 0 Å². The van der Waals surface area contributed by atoms with E-state index in [1.807, 2.05) is 48.5 Å². The Morgan fingerprint density at radius 3 is 1.78 bits per heavy atom. The molecule has 90 valence electrons. The zero-order valence-electron chi connectivity index (χ0n) is 9.37. The Hall–Kier alpha value is -1.39. The van der Waals surface area contributed by atoms with Crippen LogP contribution in [0.1, 0.15) is 17.0 Å². The molecular weight excluding hydrogens is 264 g/mol. The lowest BCUT2D eigenvalue weighted by Crippen LogP contribution is -2.13. The van der Waals surface area contributed by atoms with Crippen molar-refractivity contribution >= 4 is 27.6 Å². The van der Waals surface area contributed by atoms with Gasteiger partial charge in [0.05, 0.1) is 0 Å². The fraction of sp³-hybridized carbons (Fsp3) is 0.0714. The Labute approximate surface area is 113 Å². The van der Waals surface area contributed by atoms with Crippen molar-refractivity contribution in [3.8, 4) is 0 Å². The topological polar surface area (TPSA) is 37.3 Å². The molecular formula is C14H10O2S2. The van der Waals surface area contributed by atoms with E-state index >= 15 is 0 Å². The van der Waals surface area contributed by atoms with Crippen LogP contribution in [0.2, 0.25) is 0 Å². The van der Waals surface area contributed by atoms with Crippen LogP contribution in [-0.2, 0) is 4.79 Å². The molecule has 0 radical (unpaired) electrons. The lowest BCUT2D eigenvalue weighted by molar-refractivity contribution is -0.137. The van der Waals surface area contributed by atoms with E-state index in [4.69, 9.17) is 0 Å². The number of carboxylic acids is 1. The molecule has 1 N–H and O–H groups in total. The lowest BCUT2D eigenvalue weighted by atomic mass is 9.91. The van der Waals surface area contributed by atoms with Gasteiger partial charge in [0.1, 0.15) is 5.92 Å². The number of fused-ring (bicyclic) bond motifs is 2. The van der Waals surface area contributed by atoms with Gasteiger partial charge >= 0.3 is 5.97 Å². The summed E-state index contributed by atoms with van der Waals surface area (Å²) in [6, 6.07) is 15.5. The molecule has 0 atom stereocenters. The molecule has 0 fully saturated rings. The average Bonchev–Trinajstić information content (AvgIpc) is 2.55. The first kappa shape index (κ1) is 11.7. The molecule has 1 heterocycles. The van der Waals surface area contributed by atoms with Crippen LogP contribution < -0.4 is 0 Å². The van der Waals surface area contributed by atoms with E-state index in [0.717, 1.165) is 20.9 Å². The van der Waals surface area contributed by atoms with Gasteiger partial charge in [-0.05, 0) is 23.3 Å². The largest absolute Gasteiger partial charge is 0.481 e. The second-order valence-electron chi connectivity index (χ2n) is 4.01. The fourth-order valence-electron chi connectivity index (χ4n) is 2.11. The maximum atomic E-state index is 11.6. The van der Waals surface area contributed by atoms with Crippen LogP contribution in [0.25, 0.3) is 0 Å². The van der Waals surface area contributed by atoms with Gasteiger partial charge in [-0.1, -0.05) is 58.0 Å². The normalized spacial score (nSPS) is 14.4. The maximum absolute atomic E-state index is 11.6. The van der Waals surface area contributed by atoms with Crippen molar-refractivity contribution in [3.63, 3.8) is 0 Å². The molecule has 0 spiro atoms. The Balaban J connectivity index is 2.24. The summed E-state index contributed by atoms with van der Waals surface area (Å²) >= 11 is 0. The Kier molecular flexibility index (Phi) is 3.06. The standard InChI is InChI=1S/C14H10O2S2/c15-14(16)13-9-5-1-3-7-11(9)17-18-12-8-4-2-6-10(12)13/h1-8,13H,(H,15,16). The maximum Gasteiger partial charge on any atom is 0.315 e. The van der Waals surface area contributed by atoms with E-state index in [1.165, 1.54) is 0 Å². The van der Waals surface area contributed by atoms with Crippen molar-refractivity contribution in [2.75, 3.05) is 0 Å². The Morgan fingerprint density at radius 1 is 0.889 bits per heavy atom. The Bertz CT molecular complexity index is 563. The summed E-state index contributed by atoms with van der Waals surface area (Å²) < 4.78 is 0. The summed E-state index contributed by atoms with van der Waals surface area (Å²) in [5.41, 5.74) is 1.76. The quantitative estimate of drug-likeness (QED) is 0.797. The summed E-state index contributed by atoms with van der Waals surface area (Å²) in [5.74, 6) is -1.36. The first-order valence-corrected chi connectivity index (χ1v) is 7.67. The summed E-state index contributed by atoms with van der Waals surface area (Å²) in [4.78, 5) is 13.7. The van der Waals surface area contributed by atoms with Crippen molar-refractivity contribution in [3.05, 3.63) is 59.7 Å². The molecule has 0 aliphatic carbocycles. The predicted octanol–water partition coefficient (Wildman–Crippen LogP) is 4.02. The van der Waals surface area contributed by atoms with Crippen molar-refractivity contribution in [2.45, 2.75) is 15.7 Å². The highest BCUT2D eigenvalue weighted by Gasteiger charge is 2.29. The molecule has 4 heteroatoms. The third-order valence-electron chi connectivity index (χ3n) is 2.93. The molecule has 2 nitrogen and oxygen atoms in total. The van der Waals surface area contributed by atoms with E-state index < -0.39 is 11.9 Å². The molecule has 0 saturated carbocycles. The number of rotatable bonds is 1. The zero-order valence-corrected chi connectivity index (χ0v) is 11.0. The van der Waals surface area contributed by atoms with Crippen LogP contribution >= 0.6 is 21.6 Å². The number of carboxylic acid groups (broad SMARTS) is 1. The third-order valence-corrected chi connectivity index (χ3v) is 5.44. The molecule has 3 rings (SSSR count). The van der Waals surface area contributed by atoms with E-state index in [-0.39, 0.29) is 0 Å². The van der Waals surface area contributed by atoms with Crippen LogP contribution in [0.15, 0.2) is 58.3 Å². The number of benzene rings is 2. The van der Waals surface area contributed by atoms with Gasteiger partial charge in [0.15, 0.2) is 0 Å². The van der Waals surface area contributed by atoms with Gasteiger partial charge in [0.2, 0.25) is 0 Å². The van der Waals surface area contributed by atoms with Gasteiger partial charge < -0.3 is 5.11 Å². The van der Waals surface area contributed by atoms with Crippen molar-refractivity contribution < 1.29 is 9.90 Å². The van der Waals surface area contributed by atoms with Gasteiger partial charge in [0, 0.05) is 9.79 Å². The van der Waals surface area contributed by atoms with Crippen molar-refractivity contribution in [2.24, 2.45) is 0 Å². The molecule has 0 amide bonds. The van der Waals surface area contributed by atoms with Crippen LogP contribution in [0.3, 0.4) is 0 Å². The summed E-state index contributed by atoms with van der Waals surface area (Å²) in [7, 11) is 3.25. The fourth-order valence-corrected chi connectivity index (χ4v) is 4.57. The highest BCUT2D eigenvalue weighted by molar-refractivity contribution is 8.76. The molecule has 2 aromatic rings. The number of hydrogen-bond acceptors (Lipinski definition) is 3. The summed E-state index contributed by atoms with van der Waals surface area (Å²) in [6.45, 7) is 0. The molecule has 2 aromatic carbocycles. The van der Waals surface area contributed by atoms with E-state index in [2.05, 4.69) is 0 Å². The van der Waals surface area contributed by atoms with Crippen LogP contribution in [0.5, 0.6) is 0 Å². The molecule has 18 heavy (non-hydrogen) atoms. The monoisotopic (exact) mass is 274 g/mol. The smallest absolute Gasteiger partial charge is 0.315 e. The lowest BCUT2D eigenvalue weighted by Gasteiger charge is -2.14. The van der Waals surface area contributed by atoms with Crippen LogP contribution in [-0.4, -0.2) is 11.1 Å². The first-order chi connectivity index (χ1) is 8.77. The highest BCUT2D eigenvalue weighted by atomic mass is 33.1.